The highest BCUT2D eigenvalue weighted by atomic mass is 16.5. The molecule has 1 aromatic carbocycles. The number of hydrogen-bond acceptors (Lipinski definition) is 7. The van der Waals surface area contributed by atoms with Crippen LogP contribution in [0.2, 0.25) is 0 Å². The molecule has 2 fully saturated rings. The number of nitrogens with one attached hydrogen (secondary N) is 1. The minimum atomic E-state index is -0.497. The Bertz CT molecular complexity index is 1000. The van der Waals surface area contributed by atoms with E-state index in [2.05, 4.69) is 62.1 Å². The van der Waals surface area contributed by atoms with Gasteiger partial charge in [-0.25, -0.2) is 0 Å². The summed E-state index contributed by atoms with van der Waals surface area (Å²) in [5.74, 6) is 0.343. The average molecular weight is 508 g/mol. The zero-order valence-corrected chi connectivity index (χ0v) is 22.8. The SMILES string of the molecule is C=N/C=C(\C=C/C)C(C(=O)NCC1COC1)N(C)c1ccc(C(C)(C)C)cc1.N#CN1CCCC1C=O. The van der Waals surface area contributed by atoms with Gasteiger partial charge in [0, 0.05) is 43.5 Å². The number of nitriles is 1. The lowest BCUT2D eigenvalue weighted by molar-refractivity contribution is -0.122. The Morgan fingerprint density at radius 3 is 2.49 bits per heavy atom. The topological polar surface area (TPSA) is 98.0 Å². The van der Waals surface area contributed by atoms with Crippen LogP contribution in [0.5, 0.6) is 0 Å². The third kappa shape index (κ3) is 8.57. The number of hydrogen-bond donors (Lipinski definition) is 1. The molecule has 0 saturated carbocycles. The summed E-state index contributed by atoms with van der Waals surface area (Å²) >= 11 is 0. The van der Waals surface area contributed by atoms with E-state index in [-0.39, 0.29) is 17.4 Å². The summed E-state index contributed by atoms with van der Waals surface area (Å²) in [4.78, 5) is 30.7. The summed E-state index contributed by atoms with van der Waals surface area (Å²) in [5, 5.41) is 11.5. The van der Waals surface area contributed by atoms with Crippen LogP contribution < -0.4 is 10.2 Å². The smallest absolute Gasteiger partial charge is 0.247 e. The minimum absolute atomic E-state index is 0.0534. The summed E-state index contributed by atoms with van der Waals surface area (Å²) in [6.07, 6.45) is 10.1. The summed E-state index contributed by atoms with van der Waals surface area (Å²) in [7, 11) is 1.93. The Morgan fingerprint density at radius 1 is 1.35 bits per heavy atom. The van der Waals surface area contributed by atoms with Crippen LogP contribution in [0.15, 0.2) is 53.2 Å². The van der Waals surface area contributed by atoms with Crippen molar-refractivity contribution in [3.8, 4) is 6.19 Å². The first kappa shape index (κ1) is 29.8. The maximum absolute atomic E-state index is 13.1. The summed E-state index contributed by atoms with van der Waals surface area (Å²) in [6.45, 7) is 14.8. The maximum Gasteiger partial charge on any atom is 0.247 e. The van der Waals surface area contributed by atoms with Gasteiger partial charge in [0.15, 0.2) is 6.19 Å². The van der Waals surface area contributed by atoms with Gasteiger partial charge in [-0.3, -0.25) is 9.79 Å². The number of amides is 1. The van der Waals surface area contributed by atoms with Crippen molar-refractivity contribution in [2.45, 2.75) is 58.0 Å². The number of carbonyl (C=O) groups is 2. The van der Waals surface area contributed by atoms with Crippen LogP contribution in [-0.2, 0) is 19.7 Å². The summed E-state index contributed by atoms with van der Waals surface area (Å²) in [5.41, 5.74) is 3.11. The largest absolute Gasteiger partial charge is 0.381 e. The molecule has 0 bridgehead atoms. The molecule has 3 rings (SSSR count). The Kier molecular flexibility index (Phi) is 11.5. The number of allylic oxidation sites excluding steroid dienone is 1. The van der Waals surface area contributed by atoms with Gasteiger partial charge in [-0.15, -0.1) is 0 Å². The van der Waals surface area contributed by atoms with Crippen LogP contribution in [0.25, 0.3) is 0 Å². The standard InChI is InChI=1S/C23H33N3O2.C6H8N2O/c1-7-8-18(14-24-5)21(22(27)25-13-17-15-28-16-17)26(6)20-11-9-19(10-12-20)23(2,3)4;7-5-8-3-1-2-6(8)4-9/h7-12,14,17,21H,5,13,15-16H2,1-4,6H3,(H,25,27);4,6H,1-3H2/b8-7-,18-14+;. The van der Waals surface area contributed by atoms with E-state index in [1.807, 2.05) is 37.2 Å². The number of benzene rings is 1. The highest BCUT2D eigenvalue weighted by Crippen LogP contribution is 2.27. The lowest BCUT2D eigenvalue weighted by Gasteiger charge is -2.32. The van der Waals surface area contributed by atoms with Crippen LogP contribution in [0.4, 0.5) is 5.69 Å². The molecule has 1 amide bonds. The Labute approximate surface area is 221 Å². The first-order chi connectivity index (χ1) is 17.7. The van der Waals surface area contributed by atoms with Crippen molar-refractivity contribution in [3.63, 3.8) is 0 Å². The number of nitrogens with zero attached hydrogens (tertiary/aromatic N) is 4. The van der Waals surface area contributed by atoms with E-state index in [0.29, 0.717) is 25.7 Å². The molecule has 2 atom stereocenters. The third-order valence-corrected chi connectivity index (χ3v) is 6.55. The summed E-state index contributed by atoms with van der Waals surface area (Å²) < 4.78 is 5.20. The van der Waals surface area contributed by atoms with Crippen molar-refractivity contribution < 1.29 is 14.3 Å². The van der Waals surface area contributed by atoms with E-state index in [0.717, 1.165) is 36.9 Å². The number of likely N-dealkylation sites (N-methyl/N-ethyl adjacent to an activating group) is 1. The second kappa shape index (κ2) is 14.3. The Morgan fingerprint density at radius 2 is 2.03 bits per heavy atom. The Hall–Kier alpha value is -3.44. The van der Waals surface area contributed by atoms with Gasteiger partial charge in [-0.1, -0.05) is 45.1 Å². The second-order valence-electron chi connectivity index (χ2n) is 10.4. The molecule has 2 aliphatic heterocycles. The molecule has 0 aliphatic carbocycles. The van der Waals surface area contributed by atoms with Gasteiger partial charge >= 0.3 is 0 Å². The fourth-order valence-electron chi connectivity index (χ4n) is 4.20. The van der Waals surface area contributed by atoms with E-state index in [1.165, 1.54) is 10.5 Å². The van der Waals surface area contributed by atoms with E-state index in [1.54, 1.807) is 6.20 Å². The molecule has 0 aromatic heterocycles. The molecule has 2 saturated heterocycles. The number of likely N-dealkylation sites (tertiary alicyclic amines) is 1. The predicted octanol–water partition coefficient (Wildman–Crippen LogP) is 3.84. The number of anilines is 1. The molecule has 2 heterocycles. The monoisotopic (exact) mass is 507 g/mol. The molecule has 0 radical (unpaired) electrons. The quantitative estimate of drug-likeness (QED) is 0.236. The lowest BCUT2D eigenvalue weighted by Crippen LogP contribution is -2.49. The van der Waals surface area contributed by atoms with Crippen LogP contribution in [-0.4, -0.2) is 69.2 Å². The van der Waals surface area contributed by atoms with E-state index >= 15 is 0 Å². The average Bonchev–Trinajstić information content (AvgIpc) is 3.31. The predicted molar refractivity (Wildman–Crippen MR) is 149 cm³/mol. The highest BCUT2D eigenvalue weighted by molar-refractivity contribution is 5.89. The second-order valence-corrected chi connectivity index (χ2v) is 10.4. The minimum Gasteiger partial charge on any atom is -0.381 e. The van der Waals surface area contributed by atoms with Gasteiger partial charge in [0.25, 0.3) is 0 Å². The lowest BCUT2D eigenvalue weighted by atomic mass is 9.87. The Balaban J connectivity index is 0.000000449. The molecular weight excluding hydrogens is 466 g/mol. The molecule has 200 valence electrons. The van der Waals surface area contributed by atoms with Gasteiger partial charge in [0.1, 0.15) is 12.3 Å². The van der Waals surface area contributed by atoms with Gasteiger partial charge in [-0.05, 0) is 49.6 Å². The van der Waals surface area contributed by atoms with Crippen LogP contribution in [0, 0.1) is 17.4 Å². The van der Waals surface area contributed by atoms with E-state index in [9.17, 15) is 9.59 Å². The number of ether oxygens (including phenoxy) is 1. The molecule has 1 aromatic rings. The third-order valence-electron chi connectivity index (χ3n) is 6.55. The summed E-state index contributed by atoms with van der Waals surface area (Å²) in [6, 6.07) is 7.75. The van der Waals surface area contributed by atoms with E-state index in [4.69, 9.17) is 10.00 Å². The van der Waals surface area contributed by atoms with Crippen LogP contribution in [0.3, 0.4) is 0 Å². The molecule has 37 heavy (non-hydrogen) atoms. The fourth-order valence-corrected chi connectivity index (χ4v) is 4.20. The first-order valence-electron chi connectivity index (χ1n) is 12.7. The molecule has 8 nitrogen and oxygen atoms in total. The maximum atomic E-state index is 13.1. The van der Waals surface area contributed by atoms with Gasteiger partial charge in [0.2, 0.25) is 5.91 Å². The van der Waals surface area contributed by atoms with Crippen molar-refractivity contribution >= 4 is 24.6 Å². The number of carbonyl (C=O) groups excluding carboxylic acids is 2. The zero-order valence-electron chi connectivity index (χ0n) is 22.8. The first-order valence-corrected chi connectivity index (χ1v) is 12.7. The van der Waals surface area contributed by atoms with Gasteiger partial charge < -0.3 is 24.6 Å². The van der Waals surface area contributed by atoms with Gasteiger partial charge in [0.05, 0.1) is 19.3 Å². The van der Waals surface area contributed by atoms with Crippen LogP contribution >= 0.6 is 0 Å². The van der Waals surface area contributed by atoms with Crippen molar-refractivity contribution in [2.24, 2.45) is 10.9 Å². The van der Waals surface area contributed by atoms with Gasteiger partial charge in [-0.2, -0.15) is 5.26 Å². The van der Waals surface area contributed by atoms with E-state index < -0.39 is 6.04 Å². The molecule has 8 heteroatoms. The fraction of sp³-hybridized carbons (Fsp3) is 0.517. The molecular formula is C29H41N5O3. The zero-order chi connectivity index (χ0) is 27.4. The number of aliphatic imine (C=N–C) groups is 1. The molecule has 2 unspecified atom stereocenters. The normalized spacial score (nSPS) is 18.8. The molecule has 0 spiro atoms. The number of aldehydes is 1. The van der Waals surface area contributed by atoms with Crippen LogP contribution in [0.1, 0.15) is 46.1 Å². The van der Waals surface area contributed by atoms with Crippen molar-refractivity contribution in [1.29, 1.82) is 5.26 Å². The van der Waals surface area contributed by atoms with Crippen molar-refractivity contribution in [2.75, 3.05) is 38.3 Å². The number of rotatable bonds is 9. The highest BCUT2D eigenvalue weighted by Gasteiger charge is 2.28. The molecule has 2 aliphatic rings. The van der Waals surface area contributed by atoms with Crippen molar-refractivity contribution in [1.82, 2.24) is 10.2 Å². The van der Waals surface area contributed by atoms with Crippen molar-refractivity contribution in [3.05, 3.63) is 53.8 Å². The molecule has 1 N–H and O–H groups in total.